The maximum absolute atomic E-state index is 5.83. The minimum absolute atomic E-state index is 0.194. The number of halogens is 2. The van der Waals surface area contributed by atoms with Crippen molar-refractivity contribution >= 4 is 29.4 Å². The number of benzene rings is 1. The van der Waals surface area contributed by atoms with E-state index in [1.165, 1.54) is 0 Å². The zero-order chi connectivity index (χ0) is 18.2. The Morgan fingerprint density at radius 2 is 1.88 bits per heavy atom. The summed E-state index contributed by atoms with van der Waals surface area (Å²) in [5, 5.41) is 3.91. The normalized spacial score (nSPS) is 11.5. The van der Waals surface area contributed by atoms with Gasteiger partial charge in [0.15, 0.2) is 0 Å². The molecule has 0 radical (unpaired) electrons. The first-order chi connectivity index (χ1) is 11.2. The van der Waals surface area contributed by atoms with E-state index in [0.717, 1.165) is 29.0 Å². The average molecular weight is 374 g/mol. The molecule has 0 fully saturated rings. The molecule has 0 amide bonds. The van der Waals surface area contributed by atoms with E-state index < -0.39 is 0 Å². The van der Waals surface area contributed by atoms with Crippen molar-refractivity contribution in [1.82, 2.24) is 0 Å². The predicted molar refractivity (Wildman–Crippen MR) is 101 cm³/mol. The fourth-order valence-electron chi connectivity index (χ4n) is 1.91. The molecule has 0 spiro atoms. The molecule has 0 aliphatic rings. The third-order valence-electron chi connectivity index (χ3n) is 2.90. The summed E-state index contributed by atoms with van der Waals surface area (Å²) in [6.07, 6.45) is 4.04. The van der Waals surface area contributed by atoms with E-state index in [1.807, 2.05) is 39.8 Å². The van der Waals surface area contributed by atoms with Gasteiger partial charge in [-0.2, -0.15) is 0 Å². The van der Waals surface area contributed by atoms with Crippen molar-refractivity contribution in [1.29, 1.82) is 0 Å². The van der Waals surface area contributed by atoms with Crippen LogP contribution in [-0.2, 0) is 11.3 Å². The lowest BCUT2D eigenvalue weighted by molar-refractivity contribution is 0.00128. The van der Waals surface area contributed by atoms with Gasteiger partial charge < -0.3 is 14.3 Å². The van der Waals surface area contributed by atoms with E-state index in [4.69, 9.17) is 37.5 Å². The summed E-state index contributed by atoms with van der Waals surface area (Å²) in [5.41, 5.74) is 1.76. The van der Waals surface area contributed by atoms with Gasteiger partial charge in [0, 0.05) is 0 Å². The molecule has 0 aliphatic heterocycles. The van der Waals surface area contributed by atoms with Crippen molar-refractivity contribution in [2.45, 2.75) is 46.6 Å². The minimum Gasteiger partial charge on any atom is -0.489 e. The number of aryl methyl sites for hydroxylation is 2. The van der Waals surface area contributed by atoms with E-state index in [2.05, 4.69) is 12.1 Å². The van der Waals surface area contributed by atoms with Crippen molar-refractivity contribution in [2.24, 2.45) is 5.16 Å². The van der Waals surface area contributed by atoms with Gasteiger partial charge in [-0.05, 0) is 63.5 Å². The van der Waals surface area contributed by atoms with Gasteiger partial charge in [-0.25, -0.2) is 0 Å². The quantitative estimate of drug-likeness (QED) is 0.450. The summed E-state index contributed by atoms with van der Waals surface area (Å²) in [6, 6.07) is 3.88. The highest BCUT2D eigenvalue weighted by molar-refractivity contribution is 6.55. The van der Waals surface area contributed by atoms with Crippen LogP contribution in [0.4, 0.5) is 0 Å². The predicted octanol–water partition coefficient (Wildman–Crippen LogP) is 5.43. The van der Waals surface area contributed by atoms with Crippen LogP contribution in [0.15, 0.2) is 27.9 Å². The van der Waals surface area contributed by atoms with Gasteiger partial charge in [0.1, 0.15) is 34.8 Å². The Morgan fingerprint density at radius 3 is 2.46 bits per heavy atom. The van der Waals surface area contributed by atoms with Crippen LogP contribution in [-0.4, -0.2) is 25.0 Å². The van der Waals surface area contributed by atoms with Crippen molar-refractivity contribution in [3.63, 3.8) is 0 Å². The average Bonchev–Trinajstić information content (AvgIpc) is 2.46. The number of ether oxygens (including phenoxy) is 2. The topological polar surface area (TPSA) is 40.0 Å². The number of rotatable bonds is 8. The number of nitrogens with zero attached hydrogens (tertiary/aromatic N) is 1. The lowest BCUT2D eigenvalue weighted by Gasteiger charge is -2.16. The van der Waals surface area contributed by atoms with Crippen molar-refractivity contribution in [3.8, 4) is 11.5 Å². The molecule has 0 aromatic heterocycles. The maximum atomic E-state index is 5.83. The largest absolute Gasteiger partial charge is 0.489 e. The van der Waals surface area contributed by atoms with Gasteiger partial charge in [0.2, 0.25) is 0 Å². The summed E-state index contributed by atoms with van der Waals surface area (Å²) in [7, 11) is 0. The summed E-state index contributed by atoms with van der Waals surface area (Å²) in [4.78, 5) is 5.28. The molecule has 1 aromatic rings. The molecule has 1 aromatic carbocycles. The molecular weight excluding hydrogens is 349 g/mol. The van der Waals surface area contributed by atoms with Gasteiger partial charge in [-0.15, -0.1) is 0 Å². The van der Waals surface area contributed by atoms with Crippen LogP contribution < -0.4 is 9.47 Å². The third-order valence-corrected chi connectivity index (χ3v) is 3.21. The molecular formula is C18H25Cl2NO3. The van der Waals surface area contributed by atoms with Gasteiger partial charge in [-0.1, -0.05) is 35.3 Å². The van der Waals surface area contributed by atoms with Crippen LogP contribution in [0.1, 0.15) is 38.8 Å². The van der Waals surface area contributed by atoms with Crippen LogP contribution in [0.5, 0.6) is 11.5 Å². The first kappa shape index (κ1) is 20.7. The molecule has 0 atom stereocenters. The van der Waals surface area contributed by atoms with Gasteiger partial charge >= 0.3 is 0 Å². The molecule has 0 saturated heterocycles. The molecule has 24 heavy (non-hydrogen) atoms. The number of hydrogen-bond acceptors (Lipinski definition) is 4. The van der Waals surface area contributed by atoms with E-state index in [9.17, 15) is 0 Å². The molecule has 0 N–H and O–H groups in total. The van der Waals surface area contributed by atoms with E-state index in [-0.39, 0.29) is 10.1 Å². The second-order valence-corrected chi connectivity index (χ2v) is 7.20. The van der Waals surface area contributed by atoms with Crippen LogP contribution in [0.25, 0.3) is 0 Å². The number of hydrogen-bond donors (Lipinski definition) is 0. The zero-order valence-electron chi connectivity index (χ0n) is 14.9. The van der Waals surface area contributed by atoms with E-state index in [1.54, 1.807) is 12.3 Å². The molecule has 0 unspecified atom stereocenters. The van der Waals surface area contributed by atoms with E-state index in [0.29, 0.717) is 13.2 Å². The maximum Gasteiger partial charge on any atom is 0.129 e. The number of oxime groups is 1. The molecule has 6 heteroatoms. The Morgan fingerprint density at radius 1 is 1.17 bits per heavy atom. The first-order valence-electron chi connectivity index (χ1n) is 7.83. The second kappa shape index (κ2) is 9.80. The van der Waals surface area contributed by atoms with E-state index >= 15 is 0 Å². The fraction of sp³-hybridized carbons (Fsp3) is 0.500. The SMILES string of the molecule is CCc1cc(OCC=C(Cl)Cl)cc(C)c1OC/C=N/OC(C)(C)C. The fourth-order valence-corrected chi connectivity index (χ4v) is 2.04. The summed E-state index contributed by atoms with van der Waals surface area (Å²) >= 11 is 11.1. The molecule has 1 rings (SSSR count). The van der Waals surface area contributed by atoms with Crippen LogP contribution >= 0.6 is 23.2 Å². The monoisotopic (exact) mass is 373 g/mol. The Balaban J connectivity index is 2.72. The highest BCUT2D eigenvalue weighted by atomic mass is 35.5. The molecule has 134 valence electrons. The van der Waals surface area contributed by atoms with Crippen molar-refractivity contribution < 1.29 is 14.3 Å². The Labute approximate surface area is 154 Å². The highest BCUT2D eigenvalue weighted by Crippen LogP contribution is 2.29. The summed E-state index contributed by atoms with van der Waals surface area (Å²) in [6.45, 7) is 10.5. The molecule has 0 bridgehead atoms. The first-order valence-corrected chi connectivity index (χ1v) is 8.58. The standard InChI is InChI=1S/C18H25Cl2NO3/c1-6-14-12-15(22-9-7-16(19)20)11-13(2)17(14)23-10-8-21-24-18(3,4)5/h7-8,11-12H,6,9-10H2,1-5H3/b21-8+. The van der Waals surface area contributed by atoms with Gasteiger partial charge in [-0.3, -0.25) is 0 Å². The Hall–Kier alpha value is -1.39. The van der Waals surface area contributed by atoms with Crippen LogP contribution in [0.3, 0.4) is 0 Å². The third kappa shape index (κ3) is 7.93. The molecule has 4 nitrogen and oxygen atoms in total. The molecule has 0 aliphatic carbocycles. The lowest BCUT2D eigenvalue weighted by Crippen LogP contribution is -2.16. The summed E-state index contributed by atoms with van der Waals surface area (Å²) < 4.78 is 11.7. The van der Waals surface area contributed by atoms with Crippen LogP contribution in [0.2, 0.25) is 0 Å². The van der Waals surface area contributed by atoms with Crippen molar-refractivity contribution in [2.75, 3.05) is 13.2 Å². The minimum atomic E-state index is -0.305. The zero-order valence-corrected chi connectivity index (χ0v) is 16.4. The van der Waals surface area contributed by atoms with Gasteiger partial charge in [0.05, 0.1) is 6.21 Å². The smallest absolute Gasteiger partial charge is 0.129 e. The van der Waals surface area contributed by atoms with Crippen molar-refractivity contribution in [3.05, 3.63) is 33.8 Å². The second-order valence-electron chi connectivity index (χ2n) is 6.19. The highest BCUT2D eigenvalue weighted by Gasteiger charge is 2.10. The molecule has 0 heterocycles. The lowest BCUT2D eigenvalue weighted by atomic mass is 10.1. The van der Waals surface area contributed by atoms with Gasteiger partial charge in [0.25, 0.3) is 0 Å². The Bertz CT molecular complexity index is 589. The Kier molecular flexibility index (Phi) is 8.43. The summed E-state index contributed by atoms with van der Waals surface area (Å²) in [5.74, 6) is 1.60. The molecule has 0 saturated carbocycles. The van der Waals surface area contributed by atoms with Crippen LogP contribution in [0, 0.1) is 6.92 Å².